The van der Waals surface area contributed by atoms with Crippen molar-refractivity contribution in [2.45, 2.75) is 46.1 Å². The Morgan fingerprint density at radius 3 is 2.31 bits per heavy atom. The van der Waals surface area contributed by atoms with E-state index in [9.17, 15) is 9.59 Å². The first kappa shape index (κ1) is 22.4. The molecule has 0 unspecified atom stereocenters. The molecule has 26 heavy (non-hydrogen) atoms. The van der Waals surface area contributed by atoms with Gasteiger partial charge in [0.2, 0.25) is 5.91 Å². The molecule has 1 aromatic carbocycles. The van der Waals surface area contributed by atoms with E-state index in [0.717, 1.165) is 18.7 Å². The smallest absolute Gasteiger partial charge is 0.256 e. The lowest BCUT2D eigenvalue weighted by molar-refractivity contribution is -0.140. The van der Waals surface area contributed by atoms with Gasteiger partial charge in [-0.2, -0.15) is 0 Å². The fourth-order valence-corrected chi connectivity index (χ4v) is 2.74. The Bertz CT molecular complexity index is 650. The van der Waals surface area contributed by atoms with Gasteiger partial charge in [-0.1, -0.05) is 26.8 Å². The van der Waals surface area contributed by atoms with Gasteiger partial charge in [0.05, 0.1) is 0 Å². The summed E-state index contributed by atoms with van der Waals surface area (Å²) >= 11 is 0. The number of carbonyl (C=O) groups excluding carboxylic acids is 2. The molecular formula is C19H30ClN3O3. The number of rotatable bonds is 4. The molecule has 0 saturated carbocycles. The summed E-state index contributed by atoms with van der Waals surface area (Å²) in [6.07, 6.45) is 1.27. The Balaban J connectivity index is 0.00000338. The number of aryl methyl sites for hydroxylation is 1. The lowest BCUT2D eigenvalue weighted by Crippen LogP contribution is -2.51. The van der Waals surface area contributed by atoms with Crippen LogP contribution in [0.3, 0.4) is 0 Å². The Morgan fingerprint density at radius 1 is 1.15 bits per heavy atom. The molecule has 146 valence electrons. The largest absolute Gasteiger partial charge is 0.368 e. The number of piperidine rings is 1. The number of amides is 2. The van der Waals surface area contributed by atoms with Crippen molar-refractivity contribution in [2.75, 3.05) is 30.8 Å². The molecule has 0 spiro atoms. The summed E-state index contributed by atoms with van der Waals surface area (Å²) in [4.78, 5) is 25.0. The molecular weight excluding hydrogens is 354 g/mol. The number of nitrogens with one attached hydrogen (secondary N) is 3. The van der Waals surface area contributed by atoms with Crippen molar-refractivity contribution in [3.05, 3.63) is 23.8 Å². The minimum Gasteiger partial charge on any atom is -0.368 e. The Labute approximate surface area is 161 Å². The number of hydrogen-bond donors (Lipinski definition) is 3. The second kappa shape index (κ2) is 8.84. The van der Waals surface area contributed by atoms with Gasteiger partial charge in [-0.25, -0.2) is 0 Å². The van der Waals surface area contributed by atoms with Crippen LogP contribution >= 0.6 is 12.4 Å². The second-order valence-corrected chi connectivity index (χ2v) is 7.64. The maximum atomic E-state index is 12.7. The van der Waals surface area contributed by atoms with E-state index in [1.54, 1.807) is 13.2 Å². The minimum atomic E-state index is -0.801. The number of hydrogen-bond acceptors (Lipinski definition) is 4. The monoisotopic (exact) mass is 383 g/mol. The van der Waals surface area contributed by atoms with Crippen molar-refractivity contribution in [1.82, 2.24) is 5.32 Å². The molecule has 6 nitrogen and oxygen atoms in total. The number of carbonyl (C=O) groups is 2. The second-order valence-electron chi connectivity index (χ2n) is 7.64. The van der Waals surface area contributed by atoms with Crippen LogP contribution in [0, 0.1) is 12.3 Å². The lowest BCUT2D eigenvalue weighted by atomic mass is 9.91. The van der Waals surface area contributed by atoms with Crippen molar-refractivity contribution >= 4 is 35.6 Å². The van der Waals surface area contributed by atoms with Gasteiger partial charge in [0.1, 0.15) is 5.60 Å². The zero-order valence-corrected chi connectivity index (χ0v) is 17.0. The summed E-state index contributed by atoms with van der Waals surface area (Å²) in [5.41, 5.74) is 1.01. The van der Waals surface area contributed by atoms with E-state index < -0.39 is 11.0 Å². The molecule has 2 rings (SSSR count). The van der Waals surface area contributed by atoms with Gasteiger partial charge in [-0.05, 0) is 50.6 Å². The zero-order chi connectivity index (χ0) is 18.7. The number of anilines is 2. The molecule has 1 saturated heterocycles. The predicted octanol–water partition coefficient (Wildman–Crippen LogP) is 3.11. The van der Waals surface area contributed by atoms with Crippen LogP contribution in [0.25, 0.3) is 0 Å². The van der Waals surface area contributed by atoms with Gasteiger partial charge < -0.3 is 20.7 Å². The lowest BCUT2D eigenvalue weighted by Gasteiger charge is -2.34. The van der Waals surface area contributed by atoms with Crippen molar-refractivity contribution in [3.63, 3.8) is 0 Å². The van der Waals surface area contributed by atoms with Gasteiger partial charge in [-0.15, -0.1) is 12.4 Å². The summed E-state index contributed by atoms with van der Waals surface area (Å²) in [5, 5.41) is 9.11. The van der Waals surface area contributed by atoms with E-state index >= 15 is 0 Å². The van der Waals surface area contributed by atoms with E-state index in [4.69, 9.17) is 4.74 Å². The predicted molar refractivity (Wildman–Crippen MR) is 107 cm³/mol. The number of methoxy groups -OCH3 is 1. The Kier molecular flexibility index (Phi) is 7.62. The summed E-state index contributed by atoms with van der Waals surface area (Å²) < 4.78 is 5.55. The third-order valence-corrected chi connectivity index (χ3v) is 4.64. The molecule has 3 N–H and O–H groups in total. The summed E-state index contributed by atoms with van der Waals surface area (Å²) in [5.74, 6) is -0.209. The zero-order valence-electron chi connectivity index (χ0n) is 16.2. The van der Waals surface area contributed by atoms with Gasteiger partial charge >= 0.3 is 0 Å². The van der Waals surface area contributed by atoms with E-state index in [1.807, 2.05) is 39.8 Å². The normalized spacial score (nSPS) is 16.3. The average molecular weight is 384 g/mol. The summed E-state index contributed by atoms with van der Waals surface area (Å²) in [7, 11) is 1.58. The quantitative estimate of drug-likeness (QED) is 0.746. The maximum Gasteiger partial charge on any atom is 0.256 e. The Hall–Kier alpha value is -1.63. The highest BCUT2D eigenvalue weighted by Crippen LogP contribution is 2.27. The van der Waals surface area contributed by atoms with Crippen LogP contribution in [0.15, 0.2) is 18.2 Å². The van der Waals surface area contributed by atoms with E-state index in [0.29, 0.717) is 24.2 Å². The molecule has 1 aliphatic rings. The first-order valence-electron chi connectivity index (χ1n) is 8.67. The standard InChI is InChI=1S/C19H29N3O3.ClH/c1-13-6-7-14(12-15(13)22-16(23)18(2,3)4)21-17(24)19(25-5)8-10-20-11-9-19;/h6-7,12,20H,8-11H2,1-5H3,(H,21,24)(H,22,23);1H. The van der Waals surface area contributed by atoms with Crippen LogP contribution in [0.4, 0.5) is 11.4 Å². The fourth-order valence-electron chi connectivity index (χ4n) is 2.74. The molecule has 1 aliphatic heterocycles. The number of benzene rings is 1. The van der Waals surface area contributed by atoms with E-state index in [1.165, 1.54) is 0 Å². The highest BCUT2D eigenvalue weighted by Gasteiger charge is 2.39. The van der Waals surface area contributed by atoms with Crippen molar-refractivity contribution in [2.24, 2.45) is 5.41 Å². The first-order chi connectivity index (χ1) is 11.7. The van der Waals surface area contributed by atoms with Gasteiger partial charge in [0.15, 0.2) is 0 Å². The van der Waals surface area contributed by atoms with Crippen LogP contribution in [0.2, 0.25) is 0 Å². The van der Waals surface area contributed by atoms with Crippen molar-refractivity contribution < 1.29 is 14.3 Å². The first-order valence-corrected chi connectivity index (χ1v) is 8.67. The number of ether oxygens (including phenoxy) is 1. The van der Waals surface area contributed by atoms with Crippen LogP contribution in [0.5, 0.6) is 0 Å². The van der Waals surface area contributed by atoms with Crippen molar-refractivity contribution in [3.8, 4) is 0 Å². The molecule has 1 aromatic rings. The van der Waals surface area contributed by atoms with Crippen molar-refractivity contribution in [1.29, 1.82) is 0 Å². The highest BCUT2D eigenvalue weighted by atomic mass is 35.5. The molecule has 1 heterocycles. The number of halogens is 1. The van der Waals surface area contributed by atoms with Crippen LogP contribution in [-0.4, -0.2) is 37.6 Å². The summed E-state index contributed by atoms with van der Waals surface area (Å²) in [6.45, 7) is 9.02. The highest BCUT2D eigenvalue weighted by molar-refractivity contribution is 5.99. The molecule has 0 aliphatic carbocycles. The van der Waals surface area contributed by atoms with E-state index in [-0.39, 0.29) is 24.2 Å². The van der Waals surface area contributed by atoms with Gasteiger partial charge in [0, 0.05) is 23.9 Å². The summed E-state index contributed by atoms with van der Waals surface area (Å²) in [6, 6.07) is 5.52. The average Bonchev–Trinajstić information content (AvgIpc) is 2.57. The van der Waals surface area contributed by atoms with Gasteiger partial charge in [-0.3, -0.25) is 9.59 Å². The molecule has 0 aromatic heterocycles. The molecule has 7 heteroatoms. The van der Waals surface area contributed by atoms with E-state index in [2.05, 4.69) is 16.0 Å². The van der Waals surface area contributed by atoms with Crippen LogP contribution < -0.4 is 16.0 Å². The molecule has 2 amide bonds. The molecule has 0 bridgehead atoms. The Morgan fingerprint density at radius 2 is 1.77 bits per heavy atom. The van der Waals surface area contributed by atoms with Crippen LogP contribution in [0.1, 0.15) is 39.2 Å². The van der Waals surface area contributed by atoms with Crippen LogP contribution in [-0.2, 0) is 14.3 Å². The fraction of sp³-hybridized carbons (Fsp3) is 0.579. The SMILES string of the molecule is COC1(C(=O)Nc2ccc(C)c(NC(=O)C(C)(C)C)c2)CCNCC1.Cl. The molecule has 0 radical (unpaired) electrons. The molecule has 1 fully saturated rings. The minimum absolute atomic E-state index is 0. The third kappa shape index (κ3) is 5.19. The topological polar surface area (TPSA) is 79.5 Å². The van der Waals surface area contributed by atoms with Gasteiger partial charge in [0.25, 0.3) is 5.91 Å². The maximum absolute atomic E-state index is 12.7. The molecule has 0 atom stereocenters. The third-order valence-electron chi connectivity index (χ3n) is 4.64.